The second kappa shape index (κ2) is 8.36. The number of amides is 1. The Labute approximate surface area is 157 Å². The topological polar surface area (TPSA) is 72.6 Å². The second-order valence-electron chi connectivity index (χ2n) is 6.31. The summed E-state index contributed by atoms with van der Waals surface area (Å²) in [5.41, 5.74) is 1.10. The molecule has 1 saturated heterocycles. The summed E-state index contributed by atoms with van der Waals surface area (Å²) in [6.45, 7) is 2.77. The van der Waals surface area contributed by atoms with E-state index in [4.69, 9.17) is 20.9 Å². The average Bonchev–Trinajstić information content (AvgIpc) is 2.85. The van der Waals surface area contributed by atoms with Crippen LogP contribution >= 0.6 is 11.6 Å². The molecule has 0 atom stereocenters. The number of carbonyl (C=O) groups is 2. The number of aromatic nitrogens is 1. The van der Waals surface area contributed by atoms with Crippen LogP contribution in [-0.4, -0.2) is 41.6 Å². The molecule has 0 unspecified atom stereocenters. The predicted molar refractivity (Wildman–Crippen MR) is 97.0 cm³/mol. The van der Waals surface area contributed by atoms with Gasteiger partial charge in [-0.15, -0.1) is 0 Å². The van der Waals surface area contributed by atoms with Gasteiger partial charge in [-0.1, -0.05) is 47.8 Å². The molecular weight excluding hydrogens is 356 g/mol. The number of ether oxygens (including phenoxy) is 1. The monoisotopic (exact) mass is 376 g/mol. The summed E-state index contributed by atoms with van der Waals surface area (Å²) in [7, 11) is 0. The fraction of sp³-hybridized carbons (Fsp3) is 0.421. The standard InChI is InChI=1S/C19H21ClN2O4/c1-13-17(18(21-26-13)14-8-4-5-9-15(14)20)19(24)25-12-16(23)22-10-6-2-3-7-11-22/h4-5,8-9H,2-3,6-7,10-12H2,1H3. The van der Waals surface area contributed by atoms with Crippen LogP contribution < -0.4 is 0 Å². The van der Waals surface area contributed by atoms with Gasteiger partial charge in [0.1, 0.15) is 17.0 Å². The molecule has 3 rings (SSSR count). The highest BCUT2D eigenvalue weighted by Gasteiger charge is 2.25. The van der Waals surface area contributed by atoms with Gasteiger partial charge in [0.15, 0.2) is 6.61 Å². The van der Waals surface area contributed by atoms with Crippen molar-refractivity contribution in [1.29, 1.82) is 0 Å². The van der Waals surface area contributed by atoms with Crippen molar-refractivity contribution >= 4 is 23.5 Å². The van der Waals surface area contributed by atoms with Crippen LogP contribution in [0.3, 0.4) is 0 Å². The minimum Gasteiger partial charge on any atom is -0.452 e. The van der Waals surface area contributed by atoms with Gasteiger partial charge in [0.25, 0.3) is 5.91 Å². The minimum atomic E-state index is -0.637. The van der Waals surface area contributed by atoms with E-state index in [2.05, 4.69) is 5.16 Å². The van der Waals surface area contributed by atoms with E-state index in [0.717, 1.165) is 25.7 Å². The van der Waals surface area contributed by atoms with Crippen LogP contribution in [-0.2, 0) is 9.53 Å². The van der Waals surface area contributed by atoms with Gasteiger partial charge in [0, 0.05) is 18.7 Å². The maximum absolute atomic E-state index is 12.6. The molecule has 0 radical (unpaired) electrons. The summed E-state index contributed by atoms with van der Waals surface area (Å²) in [6.07, 6.45) is 4.23. The van der Waals surface area contributed by atoms with Crippen LogP contribution in [0.25, 0.3) is 11.3 Å². The molecule has 1 aromatic carbocycles. The van der Waals surface area contributed by atoms with Gasteiger partial charge in [-0.2, -0.15) is 0 Å². The molecule has 0 N–H and O–H groups in total. The van der Waals surface area contributed by atoms with E-state index in [9.17, 15) is 9.59 Å². The van der Waals surface area contributed by atoms with Crippen LogP contribution in [0.2, 0.25) is 5.02 Å². The van der Waals surface area contributed by atoms with Gasteiger partial charge in [-0.3, -0.25) is 4.79 Å². The molecule has 6 nitrogen and oxygen atoms in total. The number of rotatable bonds is 4. The number of likely N-dealkylation sites (tertiary alicyclic amines) is 1. The van der Waals surface area contributed by atoms with Crippen molar-refractivity contribution in [3.05, 3.63) is 40.6 Å². The Morgan fingerprint density at radius 3 is 2.58 bits per heavy atom. The quantitative estimate of drug-likeness (QED) is 0.757. The summed E-state index contributed by atoms with van der Waals surface area (Å²) >= 11 is 6.19. The van der Waals surface area contributed by atoms with Crippen LogP contribution in [0.15, 0.2) is 28.8 Å². The Kier molecular flexibility index (Phi) is 5.93. The Balaban J connectivity index is 1.71. The van der Waals surface area contributed by atoms with Gasteiger partial charge >= 0.3 is 5.97 Å². The lowest BCUT2D eigenvalue weighted by molar-refractivity contribution is -0.134. The number of carbonyl (C=O) groups excluding carboxylic acids is 2. The molecule has 2 aromatic rings. The van der Waals surface area contributed by atoms with Crippen molar-refractivity contribution in [2.24, 2.45) is 0 Å². The van der Waals surface area contributed by atoms with E-state index in [1.165, 1.54) is 0 Å². The highest BCUT2D eigenvalue weighted by molar-refractivity contribution is 6.33. The first-order chi connectivity index (χ1) is 12.6. The summed E-state index contributed by atoms with van der Waals surface area (Å²) in [6, 6.07) is 7.04. The SMILES string of the molecule is Cc1onc(-c2ccccc2Cl)c1C(=O)OCC(=O)N1CCCCCC1. The fourth-order valence-corrected chi connectivity index (χ4v) is 3.29. The van der Waals surface area contributed by atoms with Gasteiger partial charge < -0.3 is 14.2 Å². The fourth-order valence-electron chi connectivity index (χ4n) is 3.06. The molecule has 1 fully saturated rings. The van der Waals surface area contributed by atoms with E-state index >= 15 is 0 Å². The molecule has 0 aliphatic carbocycles. The number of benzene rings is 1. The average molecular weight is 377 g/mol. The number of hydrogen-bond acceptors (Lipinski definition) is 5. The molecule has 1 amide bonds. The van der Waals surface area contributed by atoms with Crippen molar-refractivity contribution < 1.29 is 18.8 Å². The van der Waals surface area contributed by atoms with Crippen LogP contribution in [0.4, 0.5) is 0 Å². The first kappa shape index (κ1) is 18.5. The Bertz CT molecular complexity index is 795. The van der Waals surface area contributed by atoms with Crippen LogP contribution in [0.5, 0.6) is 0 Å². The van der Waals surface area contributed by atoms with Gasteiger partial charge in [0.2, 0.25) is 0 Å². The third-order valence-electron chi connectivity index (χ3n) is 4.48. The molecule has 1 aliphatic rings. The lowest BCUT2D eigenvalue weighted by Crippen LogP contribution is -2.35. The molecule has 0 saturated carbocycles. The first-order valence-corrected chi connectivity index (χ1v) is 9.12. The zero-order valence-electron chi connectivity index (χ0n) is 14.7. The van der Waals surface area contributed by atoms with Crippen molar-refractivity contribution in [2.45, 2.75) is 32.6 Å². The summed E-state index contributed by atoms with van der Waals surface area (Å²) in [5, 5.41) is 4.40. The lowest BCUT2D eigenvalue weighted by atomic mass is 10.1. The number of nitrogens with zero attached hydrogens (tertiary/aromatic N) is 2. The zero-order valence-corrected chi connectivity index (χ0v) is 15.4. The summed E-state index contributed by atoms with van der Waals surface area (Å²) in [5.74, 6) is -0.484. The summed E-state index contributed by atoms with van der Waals surface area (Å²) in [4.78, 5) is 26.6. The highest BCUT2D eigenvalue weighted by atomic mass is 35.5. The maximum Gasteiger partial charge on any atom is 0.344 e. The second-order valence-corrected chi connectivity index (χ2v) is 6.72. The molecule has 7 heteroatoms. The van der Waals surface area contributed by atoms with Crippen molar-refractivity contribution in [2.75, 3.05) is 19.7 Å². The number of aryl methyl sites for hydroxylation is 1. The molecular formula is C19H21ClN2O4. The van der Waals surface area contributed by atoms with E-state index < -0.39 is 5.97 Å². The number of hydrogen-bond donors (Lipinski definition) is 0. The lowest BCUT2D eigenvalue weighted by Gasteiger charge is -2.19. The highest BCUT2D eigenvalue weighted by Crippen LogP contribution is 2.31. The molecule has 1 aromatic heterocycles. The van der Waals surface area contributed by atoms with Gasteiger partial charge in [-0.25, -0.2) is 4.79 Å². The van der Waals surface area contributed by atoms with Crippen LogP contribution in [0.1, 0.15) is 41.8 Å². The maximum atomic E-state index is 12.6. The van der Waals surface area contributed by atoms with Crippen molar-refractivity contribution in [3.8, 4) is 11.3 Å². The normalized spacial score (nSPS) is 14.8. The van der Waals surface area contributed by atoms with E-state index in [1.54, 1.807) is 36.1 Å². The largest absolute Gasteiger partial charge is 0.452 e. The Hall–Kier alpha value is -2.34. The van der Waals surface area contributed by atoms with Crippen molar-refractivity contribution in [3.63, 3.8) is 0 Å². The third kappa shape index (κ3) is 4.07. The van der Waals surface area contributed by atoms with Gasteiger partial charge in [0.05, 0.1) is 5.02 Å². The predicted octanol–water partition coefficient (Wildman–Crippen LogP) is 3.86. The molecule has 0 spiro atoms. The van der Waals surface area contributed by atoms with Crippen LogP contribution in [0, 0.1) is 6.92 Å². The third-order valence-corrected chi connectivity index (χ3v) is 4.81. The number of esters is 1. The first-order valence-electron chi connectivity index (χ1n) is 8.74. The van der Waals surface area contributed by atoms with Gasteiger partial charge in [-0.05, 0) is 25.8 Å². The minimum absolute atomic E-state index is 0.173. The molecule has 1 aliphatic heterocycles. The van der Waals surface area contributed by atoms with E-state index in [-0.39, 0.29) is 18.1 Å². The van der Waals surface area contributed by atoms with E-state index in [0.29, 0.717) is 35.1 Å². The molecule has 2 heterocycles. The zero-order chi connectivity index (χ0) is 18.5. The Morgan fingerprint density at radius 1 is 1.19 bits per heavy atom. The Morgan fingerprint density at radius 2 is 1.88 bits per heavy atom. The smallest absolute Gasteiger partial charge is 0.344 e. The molecule has 0 bridgehead atoms. The molecule has 26 heavy (non-hydrogen) atoms. The molecule has 138 valence electrons. The van der Waals surface area contributed by atoms with Crippen molar-refractivity contribution in [1.82, 2.24) is 10.1 Å². The summed E-state index contributed by atoms with van der Waals surface area (Å²) < 4.78 is 10.4. The number of halogens is 1. The van der Waals surface area contributed by atoms with E-state index in [1.807, 2.05) is 0 Å².